The van der Waals surface area contributed by atoms with Gasteiger partial charge in [0.25, 0.3) is 0 Å². The first-order valence-electron chi connectivity index (χ1n) is 6.25. The number of nitrogens with one attached hydrogen (secondary N) is 1. The highest BCUT2D eigenvalue weighted by Crippen LogP contribution is 2.20. The lowest BCUT2D eigenvalue weighted by atomic mass is 10.2. The molecule has 1 N–H and O–H groups in total. The standard InChI is InChI=1S/C13H18ClNO2S/c14-12-5-3-11(4-6-12)10-18(16,17)13-2-1-8-15-9-7-13/h3-6,13,15H,1-2,7-10H2. The maximum absolute atomic E-state index is 12.3. The van der Waals surface area contributed by atoms with Gasteiger partial charge >= 0.3 is 0 Å². The Morgan fingerprint density at radius 1 is 1.17 bits per heavy atom. The smallest absolute Gasteiger partial charge is 0.157 e. The number of hydrogen-bond donors (Lipinski definition) is 1. The maximum Gasteiger partial charge on any atom is 0.157 e. The second-order valence-corrected chi connectivity index (χ2v) is 7.45. The van der Waals surface area contributed by atoms with Crippen molar-refractivity contribution in [2.45, 2.75) is 30.3 Å². The summed E-state index contributed by atoms with van der Waals surface area (Å²) in [7, 11) is -3.06. The van der Waals surface area contributed by atoms with E-state index in [-0.39, 0.29) is 11.0 Å². The van der Waals surface area contributed by atoms with Gasteiger partial charge in [-0.05, 0) is 50.0 Å². The van der Waals surface area contributed by atoms with Gasteiger partial charge in [0.05, 0.1) is 11.0 Å². The van der Waals surface area contributed by atoms with Crippen molar-refractivity contribution < 1.29 is 8.42 Å². The molecular formula is C13H18ClNO2S. The highest BCUT2D eigenvalue weighted by Gasteiger charge is 2.26. The number of rotatable bonds is 3. The van der Waals surface area contributed by atoms with Crippen LogP contribution in [-0.2, 0) is 15.6 Å². The summed E-state index contributed by atoms with van der Waals surface area (Å²) in [6.45, 7) is 1.72. The molecule has 0 aromatic heterocycles. The zero-order valence-electron chi connectivity index (χ0n) is 10.2. The van der Waals surface area contributed by atoms with Gasteiger partial charge in [0, 0.05) is 5.02 Å². The minimum Gasteiger partial charge on any atom is -0.317 e. The SMILES string of the molecule is O=S(=O)(Cc1ccc(Cl)cc1)C1CCCNCC1. The molecule has 2 rings (SSSR count). The largest absolute Gasteiger partial charge is 0.317 e. The van der Waals surface area contributed by atoms with Crippen LogP contribution in [0.5, 0.6) is 0 Å². The molecule has 1 aliphatic rings. The summed E-state index contributed by atoms with van der Waals surface area (Å²) in [6.07, 6.45) is 2.42. The molecule has 100 valence electrons. The summed E-state index contributed by atoms with van der Waals surface area (Å²) in [5.74, 6) is 0.120. The molecule has 1 fully saturated rings. The minimum absolute atomic E-state index is 0.120. The molecule has 0 saturated carbocycles. The summed E-state index contributed by atoms with van der Waals surface area (Å²) >= 11 is 5.80. The van der Waals surface area contributed by atoms with Crippen LogP contribution in [0.4, 0.5) is 0 Å². The summed E-state index contributed by atoms with van der Waals surface area (Å²) < 4.78 is 24.7. The molecule has 1 atom stereocenters. The van der Waals surface area contributed by atoms with Crippen molar-refractivity contribution in [3.05, 3.63) is 34.9 Å². The van der Waals surface area contributed by atoms with Crippen molar-refractivity contribution >= 4 is 21.4 Å². The van der Waals surface area contributed by atoms with Crippen molar-refractivity contribution in [1.29, 1.82) is 0 Å². The predicted molar refractivity (Wildman–Crippen MR) is 74.6 cm³/mol. The Morgan fingerprint density at radius 2 is 1.89 bits per heavy atom. The zero-order chi connectivity index (χ0) is 13.0. The molecule has 1 unspecified atom stereocenters. The van der Waals surface area contributed by atoms with Gasteiger partial charge < -0.3 is 5.32 Å². The third kappa shape index (κ3) is 3.70. The second kappa shape index (κ2) is 6.04. The topological polar surface area (TPSA) is 46.2 Å². The highest BCUT2D eigenvalue weighted by molar-refractivity contribution is 7.91. The van der Waals surface area contributed by atoms with E-state index in [1.165, 1.54) is 0 Å². The lowest BCUT2D eigenvalue weighted by Gasteiger charge is -2.14. The van der Waals surface area contributed by atoms with E-state index in [0.29, 0.717) is 5.02 Å². The predicted octanol–water partition coefficient (Wildman–Crippen LogP) is 2.40. The second-order valence-electron chi connectivity index (χ2n) is 4.74. The fourth-order valence-corrected chi connectivity index (χ4v) is 4.30. The van der Waals surface area contributed by atoms with E-state index in [4.69, 9.17) is 11.6 Å². The Labute approximate surface area is 113 Å². The van der Waals surface area contributed by atoms with E-state index in [2.05, 4.69) is 5.32 Å². The fourth-order valence-electron chi connectivity index (χ4n) is 2.28. The third-order valence-corrected chi connectivity index (χ3v) is 5.79. The van der Waals surface area contributed by atoms with E-state index in [9.17, 15) is 8.42 Å². The van der Waals surface area contributed by atoms with Crippen molar-refractivity contribution in [2.75, 3.05) is 13.1 Å². The molecule has 3 nitrogen and oxygen atoms in total. The molecule has 0 radical (unpaired) electrons. The average molecular weight is 288 g/mol. The molecule has 0 aliphatic carbocycles. The van der Waals surface area contributed by atoms with Crippen LogP contribution in [0.2, 0.25) is 5.02 Å². The van der Waals surface area contributed by atoms with Crippen LogP contribution in [0, 0.1) is 0 Å². The van der Waals surface area contributed by atoms with Crippen molar-refractivity contribution in [3.8, 4) is 0 Å². The number of hydrogen-bond acceptors (Lipinski definition) is 3. The van der Waals surface area contributed by atoms with Gasteiger partial charge in [-0.1, -0.05) is 23.7 Å². The van der Waals surface area contributed by atoms with E-state index < -0.39 is 9.84 Å². The van der Waals surface area contributed by atoms with Crippen LogP contribution in [0.25, 0.3) is 0 Å². The van der Waals surface area contributed by atoms with Crippen molar-refractivity contribution in [1.82, 2.24) is 5.32 Å². The molecule has 1 saturated heterocycles. The monoisotopic (exact) mass is 287 g/mol. The first-order valence-corrected chi connectivity index (χ1v) is 8.34. The molecule has 0 bridgehead atoms. The molecule has 18 heavy (non-hydrogen) atoms. The van der Waals surface area contributed by atoms with Crippen molar-refractivity contribution in [2.24, 2.45) is 0 Å². The van der Waals surface area contributed by atoms with Gasteiger partial charge in [-0.3, -0.25) is 0 Å². The summed E-state index contributed by atoms with van der Waals surface area (Å²) in [5.41, 5.74) is 0.816. The third-order valence-electron chi connectivity index (χ3n) is 3.31. The van der Waals surface area contributed by atoms with E-state index >= 15 is 0 Å². The zero-order valence-corrected chi connectivity index (χ0v) is 11.8. The van der Waals surface area contributed by atoms with E-state index in [1.54, 1.807) is 24.3 Å². The van der Waals surface area contributed by atoms with Gasteiger partial charge in [0.2, 0.25) is 0 Å². The summed E-state index contributed by atoms with van der Waals surface area (Å²) in [4.78, 5) is 0. The summed E-state index contributed by atoms with van der Waals surface area (Å²) in [6, 6.07) is 7.05. The van der Waals surface area contributed by atoms with Crippen LogP contribution in [0.3, 0.4) is 0 Å². The van der Waals surface area contributed by atoms with Gasteiger partial charge in [-0.15, -0.1) is 0 Å². The Kier molecular flexibility index (Phi) is 4.65. The first-order chi connectivity index (χ1) is 8.58. The average Bonchev–Trinajstić information content (AvgIpc) is 2.61. The maximum atomic E-state index is 12.3. The molecule has 0 spiro atoms. The van der Waals surface area contributed by atoms with Crippen LogP contribution < -0.4 is 5.32 Å². The lowest BCUT2D eigenvalue weighted by Crippen LogP contribution is -2.24. The van der Waals surface area contributed by atoms with Crippen LogP contribution in [-0.4, -0.2) is 26.8 Å². The quantitative estimate of drug-likeness (QED) is 0.928. The first kappa shape index (κ1) is 13.8. The van der Waals surface area contributed by atoms with Gasteiger partial charge in [0.15, 0.2) is 9.84 Å². The fraction of sp³-hybridized carbons (Fsp3) is 0.538. The number of sulfone groups is 1. The Hall–Kier alpha value is -0.580. The molecule has 1 heterocycles. The van der Waals surface area contributed by atoms with Gasteiger partial charge in [-0.25, -0.2) is 8.42 Å². The van der Waals surface area contributed by atoms with Gasteiger partial charge in [0.1, 0.15) is 0 Å². The van der Waals surface area contributed by atoms with E-state index in [0.717, 1.165) is 37.9 Å². The van der Waals surface area contributed by atoms with Crippen LogP contribution in [0.1, 0.15) is 24.8 Å². The number of benzene rings is 1. The Balaban J connectivity index is 2.08. The van der Waals surface area contributed by atoms with Crippen molar-refractivity contribution in [3.63, 3.8) is 0 Å². The van der Waals surface area contributed by atoms with Crippen LogP contribution in [0.15, 0.2) is 24.3 Å². The molecule has 1 aromatic carbocycles. The van der Waals surface area contributed by atoms with E-state index in [1.807, 2.05) is 0 Å². The van der Waals surface area contributed by atoms with Gasteiger partial charge in [-0.2, -0.15) is 0 Å². The van der Waals surface area contributed by atoms with Crippen LogP contribution >= 0.6 is 11.6 Å². The minimum atomic E-state index is -3.06. The molecule has 1 aliphatic heterocycles. The molecular weight excluding hydrogens is 270 g/mol. The highest BCUT2D eigenvalue weighted by atomic mass is 35.5. The molecule has 1 aromatic rings. The Bertz CT molecular complexity index is 476. The molecule has 5 heteroatoms. The molecule has 0 amide bonds. The Morgan fingerprint density at radius 3 is 2.61 bits per heavy atom. The summed E-state index contributed by atoms with van der Waals surface area (Å²) in [5, 5.41) is 3.67. The lowest BCUT2D eigenvalue weighted by molar-refractivity contribution is 0.565. The normalized spacial score (nSPS) is 21.5. The number of halogens is 1.